The first kappa shape index (κ1) is 24.3. The molecule has 0 spiro atoms. The SMILES string of the molecule is CCNC(=NCc1ccccc1OC(C)(C)C)NC1CC2CCCC(C1)N2C.I. The molecule has 3 rings (SSSR count). The molecule has 0 saturated carbocycles. The Kier molecular flexibility index (Phi) is 9.07. The fraction of sp³-hybridized carbons (Fsp3) is 0.696. The number of para-hydroxylation sites is 1. The number of fused-ring (bicyclic) bond motifs is 2. The molecule has 5 nitrogen and oxygen atoms in total. The number of nitrogens with one attached hydrogen (secondary N) is 2. The van der Waals surface area contributed by atoms with Gasteiger partial charge in [0.05, 0.1) is 6.54 Å². The van der Waals surface area contributed by atoms with Crippen LogP contribution in [0.25, 0.3) is 0 Å². The highest BCUT2D eigenvalue weighted by molar-refractivity contribution is 14.0. The fourth-order valence-electron chi connectivity index (χ4n) is 4.48. The van der Waals surface area contributed by atoms with Crippen molar-refractivity contribution in [2.45, 2.75) is 90.1 Å². The lowest BCUT2D eigenvalue weighted by atomic mass is 9.82. The van der Waals surface area contributed by atoms with Crippen molar-refractivity contribution >= 4 is 29.9 Å². The number of guanidine groups is 1. The van der Waals surface area contributed by atoms with E-state index in [1.807, 2.05) is 12.1 Å². The van der Waals surface area contributed by atoms with Crippen LogP contribution in [0.3, 0.4) is 0 Å². The van der Waals surface area contributed by atoms with E-state index < -0.39 is 0 Å². The van der Waals surface area contributed by atoms with Gasteiger partial charge in [0, 0.05) is 30.2 Å². The molecule has 0 aliphatic carbocycles. The molecule has 1 aromatic carbocycles. The van der Waals surface area contributed by atoms with Crippen molar-refractivity contribution in [1.82, 2.24) is 15.5 Å². The molecule has 29 heavy (non-hydrogen) atoms. The summed E-state index contributed by atoms with van der Waals surface area (Å²) in [4.78, 5) is 7.49. The van der Waals surface area contributed by atoms with E-state index in [0.717, 1.165) is 23.8 Å². The standard InChI is InChI=1S/C23H38N4O.HI/c1-6-24-22(26-18-14-19-11-9-12-20(15-18)27(19)5)25-16-17-10-7-8-13-21(17)28-23(2,3)4;/h7-8,10,13,18-20H,6,9,11-12,14-16H2,1-5H3,(H2,24,25,26);1H. The van der Waals surface area contributed by atoms with Gasteiger partial charge in [-0.2, -0.15) is 0 Å². The van der Waals surface area contributed by atoms with Crippen LogP contribution in [0.4, 0.5) is 0 Å². The van der Waals surface area contributed by atoms with Crippen molar-refractivity contribution in [3.05, 3.63) is 29.8 Å². The summed E-state index contributed by atoms with van der Waals surface area (Å²) in [5.74, 6) is 1.84. The topological polar surface area (TPSA) is 48.9 Å². The van der Waals surface area contributed by atoms with Crippen LogP contribution in [0.1, 0.15) is 65.4 Å². The second kappa shape index (κ2) is 10.8. The molecular formula is C23H39IN4O. The molecule has 6 heteroatoms. The maximum atomic E-state index is 6.12. The summed E-state index contributed by atoms with van der Waals surface area (Å²) < 4.78 is 6.12. The van der Waals surface area contributed by atoms with Gasteiger partial charge in [0.1, 0.15) is 11.4 Å². The van der Waals surface area contributed by atoms with E-state index in [1.165, 1.54) is 32.1 Å². The minimum absolute atomic E-state index is 0. The van der Waals surface area contributed by atoms with Gasteiger partial charge in [-0.05, 0) is 66.5 Å². The molecular weight excluding hydrogens is 475 g/mol. The van der Waals surface area contributed by atoms with Crippen LogP contribution in [-0.4, -0.2) is 48.2 Å². The highest BCUT2D eigenvalue weighted by Crippen LogP contribution is 2.32. The molecule has 2 bridgehead atoms. The molecule has 1 aromatic rings. The molecule has 2 atom stereocenters. The van der Waals surface area contributed by atoms with Crippen molar-refractivity contribution < 1.29 is 4.74 Å². The van der Waals surface area contributed by atoms with Gasteiger partial charge in [-0.3, -0.25) is 0 Å². The van der Waals surface area contributed by atoms with E-state index in [0.29, 0.717) is 24.7 Å². The molecule has 2 aliphatic rings. The van der Waals surface area contributed by atoms with Crippen LogP contribution in [0.2, 0.25) is 0 Å². The van der Waals surface area contributed by atoms with Crippen molar-refractivity contribution in [3.8, 4) is 5.75 Å². The molecule has 2 saturated heterocycles. The number of rotatable bonds is 5. The average molecular weight is 514 g/mol. The van der Waals surface area contributed by atoms with E-state index in [4.69, 9.17) is 9.73 Å². The van der Waals surface area contributed by atoms with Gasteiger partial charge in [0.25, 0.3) is 0 Å². The Hall–Kier alpha value is -1.02. The van der Waals surface area contributed by atoms with Gasteiger partial charge in [0.2, 0.25) is 0 Å². The molecule has 0 aromatic heterocycles. The number of hydrogen-bond acceptors (Lipinski definition) is 3. The molecule has 2 N–H and O–H groups in total. The Bertz CT molecular complexity index is 659. The first-order chi connectivity index (χ1) is 13.4. The molecule has 2 heterocycles. The number of aliphatic imine (C=N–C) groups is 1. The van der Waals surface area contributed by atoms with Gasteiger partial charge in [-0.15, -0.1) is 24.0 Å². The van der Waals surface area contributed by atoms with Crippen LogP contribution in [0.5, 0.6) is 5.75 Å². The molecule has 164 valence electrons. The van der Waals surface area contributed by atoms with E-state index in [-0.39, 0.29) is 29.6 Å². The number of halogens is 1. The lowest BCUT2D eigenvalue weighted by Gasteiger charge is -2.47. The summed E-state index contributed by atoms with van der Waals surface area (Å²) in [5.41, 5.74) is 0.906. The van der Waals surface area contributed by atoms with E-state index in [2.05, 4.69) is 62.4 Å². The highest BCUT2D eigenvalue weighted by Gasteiger charge is 2.36. The number of benzene rings is 1. The normalized spacial score (nSPS) is 25.1. The summed E-state index contributed by atoms with van der Waals surface area (Å²) >= 11 is 0. The first-order valence-corrected chi connectivity index (χ1v) is 10.9. The van der Waals surface area contributed by atoms with Crippen LogP contribution >= 0.6 is 24.0 Å². The third kappa shape index (κ3) is 7.02. The van der Waals surface area contributed by atoms with Crippen molar-refractivity contribution in [2.24, 2.45) is 4.99 Å². The van der Waals surface area contributed by atoms with Gasteiger partial charge in [0.15, 0.2) is 5.96 Å². The zero-order chi connectivity index (χ0) is 20.1. The molecule has 2 aliphatic heterocycles. The third-order valence-corrected chi connectivity index (χ3v) is 5.82. The average Bonchev–Trinajstić information content (AvgIpc) is 2.60. The van der Waals surface area contributed by atoms with E-state index in [9.17, 15) is 0 Å². The third-order valence-electron chi connectivity index (χ3n) is 5.82. The van der Waals surface area contributed by atoms with Gasteiger partial charge < -0.3 is 20.3 Å². The van der Waals surface area contributed by atoms with Crippen LogP contribution in [0, 0.1) is 0 Å². The van der Waals surface area contributed by atoms with Crippen molar-refractivity contribution in [2.75, 3.05) is 13.6 Å². The van der Waals surface area contributed by atoms with Gasteiger partial charge >= 0.3 is 0 Å². The monoisotopic (exact) mass is 514 g/mol. The second-order valence-electron chi connectivity index (χ2n) is 9.23. The van der Waals surface area contributed by atoms with Gasteiger partial charge in [-0.1, -0.05) is 24.6 Å². The number of nitrogens with zero attached hydrogens (tertiary/aromatic N) is 2. The lowest BCUT2D eigenvalue weighted by molar-refractivity contribution is 0.0526. The first-order valence-electron chi connectivity index (χ1n) is 10.9. The summed E-state index contributed by atoms with van der Waals surface area (Å²) in [6.45, 7) is 9.84. The number of piperidine rings is 2. The number of ether oxygens (including phenoxy) is 1. The van der Waals surface area contributed by atoms with Crippen molar-refractivity contribution in [1.29, 1.82) is 0 Å². The van der Waals surface area contributed by atoms with E-state index in [1.54, 1.807) is 0 Å². The van der Waals surface area contributed by atoms with Crippen LogP contribution in [0.15, 0.2) is 29.3 Å². The summed E-state index contributed by atoms with van der Waals surface area (Å²) in [7, 11) is 2.30. The minimum Gasteiger partial charge on any atom is -0.488 e. The van der Waals surface area contributed by atoms with Crippen LogP contribution in [-0.2, 0) is 6.54 Å². The Labute approximate surface area is 194 Å². The minimum atomic E-state index is -0.214. The zero-order valence-corrected chi connectivity index (χ0v) is 21.0. The molecule has 0 radical (unpaired) electrons. The Morgan fingerprint density at radius 2 is 1.83 bits per heavy atom. The molecule has 0 amide bonds. The second-order valence-corrected chi connectivity index (χ2v) is 9.23. The van der Waals surface area contributed by atoms with Crippen LogP contribution < -0.4 is 15.4 Å². The molecule has 2 unspecified atom stereocenters. The largest absolute Gasteiger partial charge is 0.488 e. The lowest BCUT2D eigenvalue weighted by Crippen LogP contribution is -2.56. The van der Waals surface area contributed by atoms with Crippen molar-refractivity contribution in [3.63, 3.8) is 0 Å². The van der Waals surface area contributed by atoms with E-state index >= 15 is 0 Å². The highest BCUT2D eigenvalue weighted by atomic mass is 127. The Balaban J connectivity index is 0.00000300. The maximum Gasteiger partial charge on any atom is 0.191 e. The number of hydrogen-bond donors (Lipinski definition) is 2. The summed E-state index contributed by atoms with van der Waals surface area (Å²) in [6, 6.07) is 10.2. The summed E-state index contributed by atoms with van der Waals surface area (Å²) in [6.07, 6.45) is 6.46. The molecule has 2 fully saturated rings. The summed E-state index contributed by atoms with van der Waals surface area (Å²) in [5, 5.41) is 7.14. The fourth-order valence-corrected chi connectivity index (χ4v) is 4.48. The maximum absolute atomic E-state index is 6.12. The predicted octanol–water partition coefficient (Wildman–Crippen LogP) is 4.55. The van der Waals surface area contributed by atoms with Gasteiger partial charge in [-0.25, -0.2) is 4.99 Å². The quantitative estimate of drug-likeness (QED) is 0.344. The Morgan fingerprint density at radius 1 is 1.17 bits per heavy atom. The Morgan fingerprint density at radius 3 is 2.45 bits per heavy atom. The zero-order valence-electron chi connectivity index (χ0n) is 18.7. The predicted molar refractivity (Wildman–Crippen MR) is 132 cm³/mol. The smallest absolute Gasteiger partial charge is 0.191 e.